The first kappa shape index (κ1) is 15.3. The molecule has 23 heavy (non-hydrogen) atoms. The molecule has 3 rings (SSSR count). The first-order chi connectivity index (χ1) is 10.8. The third-order valence-electron chi connectivity index (χ3n) is 3.90. The zero-order chi connectivity index (χ0) is 16.8. The van der Waals surface area contributed by atoms with Gasteiger partial charge in [-0.1, -0.05) is 29.8 Å². The SMILES string of the molecule is Cc1ccc(/C=C2/C(=O)N(C)c3ccc(C(F)(F)F)cc32)cc1. The van der Waals surface area contributed by atoms with E-state index in [1.165, 1.54) is 11.0 Å². The van der Waals surface area contributed by atoms with Gasteiger partial charge in [-0.25, -0.2) is 0 Å². The minimum atomic E-state index is -4.44. The molecular formula is C18H14F3NO. The summed E-state index contributed by atoms with van der Waals surface area (Å²) in [6.07, 6.45) is -2.81. The van der Waals surface area contributed by atoms with Gasteiger partial charge in [-0.05, 0) is 36.8 Å². The molecule has 0 saturated heterocycles. The third kappa shape index (κ3) is 2.74. The molecule has 0 unspecified atom stereocenters. The van der Waals surface area contributed by atoms with Gasteiger partial charge in [0.25, 0.3) is 5.91 Å². The Labute approximate surface area is 131 Å². The number of benzene rings is 2. The number of amides is 1. The van der Waals surface area contributed by atoms with Gasteiger partial charge < -0.3 is 4.90 Å². The van der Waals surface area contributed by atoms with Crippen molar-refractivity contribution in [1.82, 2.24) is 0 Å². The van der Waals surface area contributed by atoms with E-state index < -0.39 is 11.7 Å². The summed E-state index contributed by atoms with van der Waals surface area (Å²) < 4.78 is 38.8. The Balaban J connectivity index is 2.13. The number of carbonyl (C=O) groups is 1. The zero-order valence-corrected chi connectivity index (χ0v) is 12.6. The van der Waals surface area contributed by atoms with Crippen LogP contribution in [0.1, 0.15) is 22.3 Å². The van der Waals surface area contributed by atoms with Crippen molar-refractivity contribution in [2.24, 2.45) is 0 Å². The highest BCUT2D eigenvalue weighted by molar-refractivity contribution is 6.35. The molecule has 0 fully saturated rings. The van der Waals surface area contributed by atoms with Crippen molar-refractivity contribution < 1.29 is 18.0 Å². The molecule has 1 amide bonds. The maximum absolute atomic E-state index is 12.9. The number of halogens is 3. The first-order valence-electron chi connectivity index (χ1n) is 7.05. The van der Waals surface area contributed by atoms with Gasteiger partial charge in [0.2, 0.25) is 0 Å². The standard InChI is InChI=1S/C18H14F3NO/c1-11-3-5-12(6-4-11)9-15-14-10-13(18(19,20)21)7-8-16(14)22(2)17(15)23/h3-10H,1-2H3/b15-9+. The predicted octanol–water partition coefficient (Wildman–Crippen LogP) is 4.53. The highest BCUT2D eigenvalue weighted by atomic mass is 19.4. The molecule has 0 aromatic heterocycles. The summed E-state index contributed by atoms with van der Waals surface area (Å²) in [5.74, 6) is -0.306. The van der Waals surface area contributed by atoms with Crippen molar-refractivity contribution in [2.75, 3.05) is 11.9 Å². The molecule has 0 aliphatic carbocycles. The molecule has 0 atom stereocenters. The maximum atomic E-state index is 12.9. The van der Waals surface area contributed by atoms with Gasteiger partial charge in [-0.3, -0.25) is 4.79 Å². The second-order valence-corrected chi connectivity index (χ2v) is 5.56. The molecule has 0 radical (unpaired) electrons. The lowest BCUT2D eigenvalue weighted by Crippen LogP contribution is -2.20. The normalized spacial score (nSPS) is 16.1. The second-order valence-electron chi connectivity index (χ2n) is 5.56. The van der Waals surface area contributed by atoms with Crippen molar-refractivity contribution in [3.05, 3.63) is 64.7 Å². The summed E-state index contributed by atoms with van der Waals surface area (Å²) in [6.45, 7) is 1.94. The summed E-state index contributed by atoms with van der Waals surface area (Å²) in [5, 5.41) is 0. The van der Waals surface area contributed by atoms with Crippen LogP contribution in [0.3, 0.4) is 0 Å². The molecule has 0 saturated carbocycles. The fraction of sp³-hybridized carbons (Fsp3) is 0.167. The van der Waals surface area contributed by atoms with Gasteiger partial charge in [0.1, 0.15) is 0 Å². The number of rotatable bonds is 1. The van der Waals surface area contributed by atoms with Gasteiger partial charge in [0, 0.05) is 18.2 Å². The fourth-order valence-electron chi connectivity index (χ4n) is 2.59. The molecule has 118 valence electrons. The van der Waals surface area contributed by atoms with E-state index >= 15 is 0 Å². The number of likely N-dealkylation sites (N-methyl/N-ethyl adjacent to an activating group) is 1. The summed E-state index contributed by atoms with van der Waals surface area (Å²) in [5.41, 5.74) is 2.17. The van der Waals surface area contributed by atoms with E-state index in [9.17, 15) is 18.0 Å². The molecule has 2 nitrogen and oxygen atoms in total. The van der Waals surface area contributed by atoms with Crippen LogP contribution in [-0.4, -0.2) is 13.0 Å². The van der Waals surface area contributed by atoms with Crippen molar-refractivity contribution in [3.63, 3.8) is 0 Å². The van der Waals surface area contributed by atoms with Crippen LogP contribution < -0.4 is 4.90 Å². The second kappa shape index (κ2) is 5.26. The van der Waals surface area contributed by atoms with Crippen molar-refractivity contribution in [1.29, 1.82) is 0 Å². The Kier molecular flexibility index (Phi) is 3.51. The van der Waals surface area contributed by atoms with E-state index in [1.807, 2.05) is 31.2 Å². The van der Waals surface area contributed by atoms with E-state index in [0.29, 0.717) is 11.3 Å². The molecule has 0 bridgehead atoms. The number of nitrogens with zero attached hydrogens (tertiary/aromatic N) is 1. The van der Waals surface area contributed by atoms with Crippen LogP contribution in [0.25, 0.3) is 11.6 Å². The lowest BCUT2D eigenvalue weighted by molar-refractivity contribution is -0.137. The lowest BCUT2D eigenvalue weighted by Gasteiger charge is -2.11. The average molecular weight is 317 g/mol. The molecule has 1 heterocycles. The Hall–Kier alpha value is -2.56. The molecule has 0 N–H and O–H groups in total. The van der Waals surface area contributed by atoms with Gasteiger partial charge in [0.05, 0.1) is 11.3 Å². The Morgan fingerprint density at radius 3 is 2.30 bits per heavy atom. The smallest absolute Gasteiger partial charge is 0.311 e. The Bertz CT molecular complexity index is 804. The van der Waals surface area contributed by atoms with Gasteiger partial charge in [-0.15, -0.1) is 0 Å². The monoisotopic (exact) mass is 317 g/mol. The molecule has 1 aliphatic heterocycles. The van der Waals surface area contributed by atoms with Crippen LogP contribution in [0.15, 0.2) is 42.5 Å². The maximum Gasteiger partial charge on any atom is 0.416 e. The van der Waals surface area contributed by atoms with E-state index in [2.05, 4.69) is 0 Å². The van der Waals surface area contributed by atoms with Crippen LogP contribution in [0.2, 0.25) is 0 Å². The van der Waals surface area contributed by atoms with Crippen LogP contribution in [0.4, 0.5) is 18.9 Å². The Morgan fingerprint density at radius 2 is 1.70 bits per heavy atom. The van der Waals surface area contributed by atoms with Crippen molar-refractivity contribution in [2.45, 2.75) is 13.1 Å². The van der Waals surface area contributed by atoms with Crippen LogP contribution in [0.5, 0.6) is 0 Å². The fourth-order valence-corrected chi connectivity index (χ4v) is 2.59. The summed E-state index contributed by atoms with van der Waals surface area (Å²) in [7, 11) is 1.56. The highest BCUT2D eigenvalue weighted by Gasteiger charge is 2.35. The van der Waals surface area contributed by atoms with E-state index in [1.54, 1.807) is 13.1 Å². The summed E-state index contributed by atoms with van der Waals surface area (Å²) in [4.78, 5) is 13.7. The number of aryl methyl sites for hydroxylation is 1. The highest BCUT2D eigenvalue weighted by Crippen LogP contribution is 2.40. The first-order valence-corrected chi connectivity index (χ1v) is 7.05. The number of hydrogen-bond acceptors (Lipinski definition) is 1. The molecule has 2 aromatic carbocycles. The van der Waals surface area contributed by atoms with E-state index in [-0.39, 0.29) is 11.5 Å². The molecule has 5 heteroatoms. The quantitative estimate of drug-likeness (QED) is 0.708. The number of fused-ring (bicyclic) bond motifs is 1. The minimum absolute atomic E-state index is 0.275. The third-order valence-corrected chi connectivity index (χ3v) is 3.90. The average Bonchev–Trinajstić information content (AvgIpc) is 2.73. The van der Waals surface area contributed by atoms with Crippen LogP contribution >= 0.6 is 0 Å². The summed E-state index contributed by atoms with van der Waals surface area (Å²) in [6, 6.07) is 10.8. The number of hydrogen-bond donors (Lipinski definition) is 0. The predicted molar refractivity (Wildman–Crippen MR) is 83.9 cm³/mol. The molecule has 2 aromatic rings. The Morgan fingerprint density at radius 1 is 1.04 bits per heavy atom. The van der Waals surface area contributed by atoms with Gasteiger partial charge in [0.15, 0.2) is 0 Å². The van der Waals surface area contributed by atoms with Crippen LogP contribution in [0, 0.1) is 6.92 Å². The van der Waals surface area contributed by atoms with Crippen LogP contribution in [-0.2, 0) is 11.0 Å². The topological polar surface area (TPSA) is 20.3 Å². The van der Waals surface area contributed by atoms with E-state index in [4.69, 9.17) is 0 Å². The molecular weight excluding hydrogens is 303 g/mol. The summed E-state index contributed by atoms with van der Waals surface area (Å²) >= 11 is 0. The van der Waals surface area contributed by atoms with Crippen molar-refractivity contribution >= 4 is 23.2 Å². The molecule has 0 spiro atoms. The number of alkyl halides is 3. The van der Waals surface area contributed by atoms with Crippen molar-refractivity contribution in [3.8, 4) is 0 Å². The largest absolute Gasteiger partial charge is 0.416 e. The number of carbonyl (C=O) groups excluding carboxylic acids is 1. The zero-order valence-electron chi connectivity index (χ0n) is 12.6. The van der Waals surface area contributed by atoms with Gasteiger partial charge in [-0.2, -0.15) is 13.2 Å². The minimum Gasteiger partial charge on any atom is -0.311 e. The lowest BCUT2D eigenvalue weighted by atomic mass is 10.0. The van der Waals surface area contributed by atoms with Gasteiger partial charge >= 0.3 is 6.18 Å². The van der Waals surface area contributed by atoms with E-state index in [0.717, 1.165) is 23.3 Å². The molecule has 1 aliphatic rings. The number of anilines is 1.